The number of hydrogen-bond donors (Lipinski definition) is 1. The van der Waals surface area contributed by atoms with Gasteiger partial charge in [-0.25, -0.2) is 0 Å². The van der Waals surface area contributed by atoms with Gasteiger partial charge in [-0.1, -0.05) is 11.2 Å². The van der Waals surface area contributed by atoms with Gasteiger partial charge in [-0.3, -0.25) is 10.1 Å². The molecule has 0 aliphatic heterocycles. The van der Waals surface area contributed by atoms with Crippen molar-refractivity contribution >= 4 is 23.3 Å². The van der Waals surface area contributed by atoms with Crippen molar-refractivity contribution in [1.82, 2.24) is 10.2 Å². The van der Waals surface area contributed by atoms with E-state index in [0.717, 1.165) is 4.88 Å². The molecule has 6 nitrogen and oxygen atoms in total. The molecule has 1 amide bonds. The van der Waals surface area contributed by atoms with E-state index in [4.69, 9.17) is 8.83 Å². The van der Waals surface area contributed by atoms with Gasteiger partial charge < -0.3 is 8.83 Å². The molecule has 0 aliphatic carbocycles. The number of aromatic nitrogens is 2. The number of thiophene rings is 1. The molecule has 0 aromatic carbocycles. The number of carbonyl (C=O) groups is 1. The molecule has 0 aliphatic rings. The highest BCUT2D eigenvalue weighted by Gasteiger charge is 2.13. The largest absolute Gasteiger partial charge is 0.459 e. The number of rotatable bonds is 4. The number of nitrogens with one attached hydrogen (secondary N) is 1. The lowest BCUT2D eigenvalue weighted by Crippen LogP contribution is -2.10. The second kappa shape index (κ2) is 5.07. The molecule has 3 rings (SSSR count). The topological polar surface area (TPSA) is 81.2 Å². The van der Waals surface area contributed by atoms with Crippen LogP contribution in [0.5, 0.6) is 0 Å². The van der Waals surface area contributed by atoms with Gasteiger partial charge in [0, 0.05) is 4.88 Å². The normalized spacial score (nSPS) is 10.5. The Hall–Kier alpha value is -2.41. The minimum Gasteiger partial charge on any atom is -0.459 e. The molecule has 0 fully saturated rings. The highest BCUT2D eigenvalue weighted by atomic mass is 32.1. The van der Waals surface area contributed by atoms with E-state index in [1.54, 1.807) is 23.5 Å². The Morgan fingerprint density at radius 1 is 1.32 bits per heavy atom. The maximum atomic E-state index is 11.7. The summed E-state index contributed by atoms with van der Waals surface area (Å²) in [6.07, 6.45) is 1.98. The Kier molecular flexibility index (Phi) is 3.11. The zero-order valence-electron chi connectivity index (χ0n) is 9.70. The summed E-state index contributed by atoms with van der Waals surface area (Å²) in [6.45, 7) is 0. The van der Waals surface area contributed by atoms with Crippen LogP contribution in [0.4, 0.5) is 6.01 Å². The van der Waals surface area contributed by atoms with Crippen LogP contribution in [0, 0.1) is 0 Å². The molecule has 0 spiro atoms. The van der Waals surface area contributed by atoms with Crippen LogP contribution in [-0.2, 0) is 6.42 Å². The maximum Gasteiger partial charge on any atom is 0.322 e. The Labute approximate surface area is 112 Å². The smallest absolute Gasteiger partial charge is 0.322 e. The van der Waals surface area contributed by atoms with Crippen LogP contribution < -0.4 is 5.32 Å². The number of amides is 1. The van der Waals surface area contributed by atoms with E-state index in [1.807, 2.05) is 17.5 Å². The lowest BCUT2D eigenvalue weighted by Gasteiger charge is -1.95. The molecule has 3 aromatic rings. The highest BCUT2D eigenvalue weighted by molar-refractivity contribution is 7.09. The molecule has 0 saturated carbocycles. The van der Waals surface area contributed by atoms with Crippen LogP contribution in [0.3, 0.4) is 0 Å². The predicted octanol–water partition coefficient (Wildman–Crippen LogP) is 2.57. The third-order valence-electron chi connectivity index (χ3n) is 2.34. The third kappa shape index (κ3) is 2.71. The predicted molar refractivity (Wildman–Crippen MR) is 68.1 cm³/mol. The number of hydrogen-bond acceptors (Lipinski definition) is 6. The molecule has 0 saturated heterocycles. The third-order valence-corrected chi connectivity index (χ3v) is 3.21. The molecular formula is C12H9N3O3S. The van der Waals surface area contributed by atoms with Crippen molar-refractivity contribution in [1.29, 1.82) is 0 Å². The summed E-state index contributed by atoms with van der Waals surface area (Å²) in [5.41, 5.74) is 0. The number of furan rings is 1. The summed E-state index contributed by atoms with van der Waals surface area (Å²) in [6, 6.07) is 7.18. The van der Waals surface area contributed by atoms with Gasteiger partial charge in [0.2, 0.25) is 5.89 Å². The van der Waals surface area contributed by atoms with Gasteiger partial charge in [0.05, 0.1) is 12.7 Å². The quantitative estimate of drug-likeness (QED) is 0.791. The summed E-state index contributed by atoms with van der Waals surface area (Å²) in [5, 5.41) is 12.1. The van der Waals surface area contributed by atoms with E-state index in [-0.39, 0.29) is 11.8 Å². The van der Waals surface area contributed by atoms with E-state index < -0.39 is 5.91 Å². The molecule has 19 heavy (non-hydrogen) atoms. The fourth-order valence-electron chi connectivity index (χ4n) is 1.50. The fraction of sp³-hybridized carbons (Fsp3) is 0.0833. The first-order chi connectivity index (χ1) is 9.31. The Balaban J connectivity index is 1.66. The lowest BCUT2D eigenvalue weighted by molar-refractivity contribution is 0.0993. The van der Waals surface area contributed by atoms with Gasteiger partial charge in [0.25, 0.3) is 5.91 Å². The molecule has 1 N–H and O–H groups in total. The van der Waals surface area contributed by atoms with Crippen LogP contribution in [-0.4, -0.2) is 16.1 Å². The molecule has 0 unspecified atom stereocenters. The first-order valence-corrected chi connectivity index (χ1v) is 6.39. The van der Waals surface area contributed by atoms with Gasteiger partial charge in [0.15, 0.2) is 5.76 Å². The lowest BCUT2D eigenvalue weighted by atomic mass is 10.3. The van der Waals surface area contributed by atoms with Crippen LogP contribution in [0.2, 0.25) is 0 Å². The van der Waals surface area contributed by atoms with Crippen molar-refractivity contribution in [3.8, 4) is 0 Å². The monoisotopic (exact) mass is 275 g/mol. The summed E-state index contributed by atoms with van der Waals surface area (Å²) < 4.78 is 10.3. The van der Waals surface area contributed by atoms with Crippen molar-refractivity contribution in [3.05, 3.63) is 52.4 Å². The molecule has 96 valence electrons. The standard InChI is InChI=1S/C12H9N3O3S/c16-11(9-4-1-5-17-9)13-12-15-14-10(18-12)7-8-3-2-6-19-8/h1-6H,7H2,(H,13,15,16). The minimum absolute atomic E-state index is 0.0629. The Bertz CT molecular complexity index is 658. The van der Waals surface area contributed by atoms with Crippen molar-refractivity contribution in [2.75, 3.05) is 5.32 Å². The summed E-state index contributed by atoms with van der Waals surface area (Å²) >= 11 is 1.61. The van der Waals surface area contributed by atoms with Crippen LogP contribution in [0.15, 0.2) is 44.7 Å². The van der Waals surface area contributed by atoms with Crippen molar-refractivity contribution < 1.29 is 13.6 Å². The van der Waals surface area contributed by atoms with Crippen LogP contribution >= 0.6 is 11.3 Å². The van der Waals surface area contributed by atoms with E-state index in [9.17, 15) is 4.79 Å². The molecular weight excluding hydrogens is 266 g/mol. The average Bonchev–Trinajstić information content (AvgIpc) is 3.10. The van der Waals surface area contributed by atoms with Crippen molar-refractivity contribution in [3.63, 3.8) is 0 Å². The zero-order chi connectivity index (χ0) is 13.1. The van der Waals surface area contributed by atoms with Gasteiger partial charge in [0.1, 0.15) is 0 Å². The first-order valence-electron chi connectivity index (χ1n) is 5.51. The maximum absolute atomic E-state index is 11.7. The first kappa shape index (κ1) is 11.7. The van der Waals surface area contributed by atoms with E-state index in [2.05, 4.69) is 15.5 Å². The van der Waals surface area contributed by atoms with Crippen LogP contribution in [0.1, 0.15) is 21.3 Å². The van der Waals surface area contributed by atoms with Crippen LogP contribution in [0.25, 0.3) is 0 Å². The second-order valence-corrected chi connectivity index (χ2v) is 4.72. The molecule has 0 radical (unpaired) electrons. The summed E-state index contributed by atoms with van der Waals surface area (Å²) in [7, 11) is 0. The summed E-state index contributed by atoms with van der Waals surface area (Å²) in [4.78, 5) is 12.8. The van der Waals surface area contributed by atoms with Crippen molar-refractivity contribution in [2.24, 2.45) is 0 Å². The second-order valence-electron chi connectivity index (χ2n) is 3.69. The number of carbonyl (C=O) groups excluding carboxylic acids is 1. The average molecular weight is 275 g/mol. The minimum atomic E-state index is -0.420. The number of anilines is 1. The van der Waals surface area contributed by atoms with Gasteiger partial charge in [-0.15, -0.1) is 16.4 Å². The van der Waals surface area contributed by atoms with Gasteiger partial charge in [-0.2, -0.15) is 0 Å². The zero-order valence-corrected chi connectivity index (χ0v) is 10.5. The van der Waals surface area contributed by atoms with Crippen molar-refractivity contribution in [2.45, 2.75) is 6.42 Å². The molecule has 0 bridgehead atoms. The SMILES string of the molecule is O=C(Nc1nnc(Cc2cccs2)o1)c1ccco1. The highest BCUT2D eigenvalue weighted by Crippen LogP contribution is 2.15. The fourth-order valence-corrected chi connectivity index (χ4v) is 2.20. The molecule has 0 atom stereocenters. The van der Waals surface area contributed by atoms with Gasteiger partial charge in [-0.05, 0) is 23.6 Å². The van der Waals surface area contributed by atoms with E-state index in [1.165, 1.54) is 6.26 Å². The molecule has 3 heterocycles. The summed E-state index contributed by atoms with van der Waals surface area (Å²) in [5.74, 6) is 0.228. The molecule has 3 aromatic heterocycles. The van der Waals surface area contributed by atoms with E-state index in [0.29, 0.717) is 12.3 Å². The molecule has 7 heteroatoms. The Morgan fingerprint density at radius 2 is 2.26 bits per heavy atom. The Morgan fingerprint density at radius 3 is 3.00 bits per heavy atom. The van der Waals surface area contributed by atoms with Gasteiger partial charge >= 0.3 is 6.01 Å². The van der Waals surface area contributed by atoms with E-state index >= 15 is 0 Å². The number of nitrogens with zero attached hydrogens (tertiary/aromatic N) is 2.